The summed E-state index contributed by atoms with van der Waals surface area (Å²) >= 11 is 0. The molecule has 1 unspecified atom stereocenters. The van der Waals surface area contributed by atoms with Crippen LogP contribution < -0.4 is 5.32 Å². The second kappa shape index (κ2) is 7.67. The van der Waals surface area contributed by atoms with E-state index in [1.807, 2.05) is 0 Å². The van der Waals surface area contributed by atoms with Crippen molar-refractivity contribution in [1.29, 1.82) is 0 Å². The molecule has 2 heterocycles. The fraction of sp³-hybridized carbons (Fsp3) is 0.929. The molecular formula is C14H27N3O5S2. The molecule has 8 nitrogen and oxygen atoms in total. The molecule has 2 aliphatic heterocycles. The van der Waals surface area contributed by atoms with E-state index in [2.05, 4.69) is 5.32 Å². The Morgan fingerprint density at radius 1 is 1.04 bits per heavy atom. The van der Waals surface area contributed by atoms with Crippen LogP contribution in [-0.2, 0) is 24.8 Å². The number of piperidine rings is 2. The van der Waals surface area contributed by atoms with Gasteiger partial charge in [0.05, 0.1) is 12.0 Å². The van der Waals surface area contributed by atoms with E-state index in [4.69, 9.17) is 0 Å². The molecule has 2 fully saturated rings. The van der Waals surface area contributed by atoms with Gasteiger partial charge in [0.1, 0.15) is 0 Å². The molecule has 1 atom stereocenters. The van der Waals surface area contributed by atoms with Gasteiger partial charge in [-0.1, -0.05) is 0 Å². The number of hydrogen-bond donors (Lipinski definition) is 1. The van der Waals surface area contributed by atoms with Crippen LogP contribution in [0.5, 0.6) is 0 Å². The van der Waals surface area contributed by atoms with Gasteiger partial charge in [0, 0.05) is 38.1 Å². The number of carbonyl (C=O) groups is 1. The maximum Gasteiger partial charge on any atom is 0.223 e. The Hall–Kier alpha value is -0.710. The Labute approximate surface area is 144 Å². The van der Waals surface area contributed by atoms with Gasteiger partial charge < -0.3 is 5.32 Å². The molecule has 1 N–H and O–H groups in total. The highest BCUT2D eigenvalue weighted by atomic mass is 32.2. The van der Waals surface area contributed by atoms with E-state index < -0.39 is 20.0 Å². The van der Waals surface area contributed by atoms with Gasteiger partial charge in [0.15, 0.2) is 0 Å². The van der Waals surface area contributed by atoms with Gasteiger partial charge in [-0.05, 0) is 32.6 Å². The van der Waals surface area contributed by atoms with Crippen molar-refractivity contribution in [3.8, 4) is 0 Å². The van der Waals surface area contributed by atoms with Crippen LogP contribution in [0.15, 0.2) is 0 Å². The summed E-state index contributed by atoms with van der Waals surface area (Å²) in [6, 6.07) is -0.168. The molecule has 0 saturated carbocycles. The molecule has 0 aromatic carbocycles. The van der Waals surface area contributed by atoms with Crippen molar-refractivity contribution in [2.45, 2.75) is 38.6 Å². The summed E-state index contributed by atoms with van der Waals surface area (Å²) in [5, 5.41) is 2.95. The second-order valence-corrected chi connectivity index (χ2v) is 10.8. The predicted octanol–water partition coefficient (Wildman–Crippen LogP) is -0.412. The summed E-state index contributed by atoms with van der Waals surface area (Å²) < 4.78 is 49.8. The molecular weight excluding hydrogens is 354 g/mol. The molecule has 140 valence electrons. The lowest BCUT2D eigenvalue weighted by Crippen LogP contribution is -2.51. The largest absolute Gasteiger partial charge is 0.352 e. The third-order valence-electron chi connectivity index (χ3n) is 4.78. The average molecular weight is 382 g/mol. The molecule has 1 amide bonds. The van der Waals surface area contributed by atoms with Gasteiger partial charge >= 0.3 is 0 Å². The monoisotopic (exact) mass is 381 g/mol. The summed E-state index contributed by atoms with van der Waals surface area (Å²) in [6.07, 6.45) is 3.69. The third-order valence-corrected chi connectivity index (χ3v) is 7.93. The number of sulfonamides is 2. The van der Waals surface area contributed by atoms with Crippen LogP contribution in [0.3, 0.4) is 0 Å². The van der Waals surface area contributed by atoms with E-state index in [1.165, 1.54) is 14.9 Å². The smallest absolute Gasteiger partial charge is 0.223 e. The first-order valence-electron chi connectivity index (χ1n) is 8.37. The highest BCUT2D eigenvalue weighted by Gasteiger charge is 2.32. The zero-order valence-electron chi connectivity index (χ0n) is 14.3. The zero-order valence-corrected chi connectivity index (χ0v) is 15.9. The lowest BCUT2D eigenvalue weighted by molar-refractivity contribution is -0.127. The molecule has 0 radical (unpaired) electrons. The first-order chi connectivity index (χ1) is 11.1. The molecule has 0 aromatic rings. The van der Waals surface area contributed by atoms with Crippen LogP contribution in [0.25, 0.3) is 0 Å². The molecule has 2 aliphatic rings. The molecule has 24 heavy (non-hydrogen) atoms. The van der Waals surface area contributed by atoms with Crippen LogP contribution in [-0.4, -0.2) is 75.6 Å². The minimum atomic E-state index is -3.24. The number of amides is 1. The first kappa shape index (κ1) is 19.6. The van der Waals surface area contributed by atoms with Gasteiger partial charge in [-0.3, -0.25) is 4.79 Å². The van der Waals surface area contributed by atoms with Crippen molar-refractivity contribution < 1.29 is 21.6 Å². The van der Waals surface area contributed by atoms with Gasteiger partial charge in [-0.25, -0.2) is 25.4 Å². The van der Waals surface area contributed by atoms with Gasteiger partial charge in [-0.15, -0.1) is 0 Å². The van der Waals surface area contributed by atoms with E-state index >= 15 is 0 Å². The minimum Gasteiger partial charge on any atom is -0.352 e. The van der Waals surface area contributed by atoms with Crippen LogP contribution in [0.4, 0.5) is 0 Å². The molecule has 2 rings (SSSR count). The second-order valence-electron chi connectivity index (χ2n) is 6.54. The Bertz CT molecular complexity index is 654. The summed E-state index contributed by atoms with van der Waals surface area (Å²) in [5.74, 6) is -0.224. The maximum absolute atomic E-state index is 12.4. The summed E-state index contributed by atoms with van der Waals surface area (Å²) in [5.41, 5.74) is 0. The van der Waals surface area contributed by atoms with Crippen molar-refractivity contribution in [1.82, 2.24) is 13.9 Å². The quantitative estimate of drug-likeness (QED) is 0.697. The number of carbonyl (C=O) groups excluding carboxylic acids is 1. The van der Waals surface area contributed by atoms with Crippen molar-refractivity contribution >= 4 is 26.0 Å². The average Bonchev–Trinajstić information content (AvgIpc) is 2.54. The Morgan fingerprint density at radius 2 is 1.67 bits per heavy atom. The first-order valence-corrected chi connectivity index (χ1v) is 11.8. The molecule has 2 saturated heterocycles. The lowest BCUT2D eigenvalue weighted by atomic mass is 9.96. The molecule has 0 aliphatic carbocycles. The van der Waals surface area contributed by atoms with Crippen molar-refractivity contribution in [3.05, 3.63) is 0 Å². The number of nitrogens with one attached hydrogen (secondary N) is 1. The number of rotatable bonds is 5. The summed E-state index contributed by atoms with van der Waals surface area (Å²) in [6.45, 7) is 3.17. The van der Waals surface area contributed by atoms with Crippen molar-refractivity contribution in [2.24, 2.45) is 5.92 Å². The molecule has 0 aromatic heterocycles. The zero-order chi connectivity index (χ0) is 18.0. The standard InChI is InChI=1S/C14H27N3O5S2/c1-3-24(21,22)16-9-6-12(7-10-16)14(18)15-13-5-4-8-17(11-13)23(2,19)20/h12-13H,3-11H2,1-2H3,(H,15,18). The SMILES string of the molecule is CCS(=O)(=O)N1CCC(C(=O)NC2CCCN(S(C)(=O)=O)C2)CC1. The van der Waals surface area contributed by atoms with Crippen LogP contribution in [0.2, 0.25) is 0 Å². The van der Waals surface area contributed by atoms with Crippen LogP contribution >= 0.6 is 0 Å². The van der Waals surface area contributed by atoms with Gasteiger partial charge in [-0.2, -0.15) is 0 Å². The van der Waals surface area contributed by atoms with E-state index in [9.17, 15) is 21.6 Å². The predicted molar refractivity (Wildman–Crippen MR) is 91.3 cm³/mol. The Balaban J connectivity index is 1.86. The topological polar surface area (TPSA) is 104 Å². The van der Waals surface area contributed by atoms with Crippen molar-refractivity contribution in [2.75, 3.05) is 38.2 Å². The summed E-state index contributed by atoms with van der Waals surface area (Å²) in [4.78, 5) is 12.4. The molecule has 0 spiro atoms. The van der Waals surface area contributed by atoms with E-state index in [-0.39, 0.29) is 23.6 Å². The van der Waals surface area contributed by atoms with Crippen molar-refractivity contribution in [3.63, 3.8) is 0 Å². The Kier molecular flexibility index (Phi) is 6.27. The maximum atomic E-state index is 12.4. The fourth-order valence-corrected chi connectivity index (χ4v) is 5.30. The third kappa shape index (κ3) is 4.90. The van der Waals surface area contributed by atoms with Gasteiger partial charge in [0.2, 0.25) is 26.0 Å². The van der Waals surface area contributed by atoms with E-state index in [0.29, 0.717) is 39.0 Å². The Morgan fingerprint density at radius 3 is 2.21 bits per heavy atom. The molecule has 10 heteroatoms. The molecule has 0 bridgehead atoms. The van der Waals surface area contributed by atoms with Gasteiger partial charge in [0.25, 0.3) is 0 Å². The summed E-state index contributed by atoms with van der Waals surface area (Å²) in [7, 11) is -6.43. The van der Waals surface area contributed by atoms with E-state index in [0.717, 1.165) is 12.8 Å². The lowest BCUT2D eigenvalue weighted by Gasteiger charge is -2.34. The normalized spacial score (nSPS) is 25.5. The number of nitrogens with zero attached hydrogens (tertiary/aromatic N) is 2. The minimum absolute atomic E-state index is 0.0767. The highest BCUT2D eigenvalue weighted by Crippen LogP contribution is 2.21. The number of hydrogen-bond acceptors (Lipinski definition) is 5. The van der Waals surface area contributed by atoms with Crippen LogP contribution in [0.1, 0.15) is 32.6 Å². The highest BCUT2D eigenvalue weighted by molar-refractivity contribution is 7.89. The fourth-order valence-electron chi connectivity index (χ4n) is 3.26. The van der Waals surface area contributed by atoms with E-state index in [1.54, 1.807) is 6.92 Å². The van der Waals surface area contributed by atoms with Crippen LogP contribution in [0, 0.1) is 5.92 Å².